The molecule has 3 atom stereocenters. The number of piperazine rings is 1. The molecule has 2 aromatic carbocycles. The second-order valence-electron chi connectivity index (χ2n) is 11.7. The van der Waals surface area contributed by atoms with Crippen LogP contribution in [0.5, 0.6) is 0 Å². The zero-order valence-electron chi connectivity index (χ0n) is 22.2. The number of likely N-dealkylation sites (N-methyl/N-ethyl adjacent to an activating group) is 1. The normalized spacial score (nSPS) is 25.9. The molecule has 1 saturated carbocycles. The third kappa shape index (κ3) is 5.71. The number of carbonyl (C=O) groups is 2. The minimum Gasteiger partial charge on any atom is -0.349 e. The van der Waals surface area contributed by atoms with Gasteiger partial charge >= 0.3 is 0 Å². The van der Waals surface area contributed by atoms with E-state index < -0.39 is 0 Å². The molecule has 2 N–H and O–H groups in total. The van der Waals surface area contributed by atoms with Gasteiger partial charge in [0.2, 0.25) is 0 Å². The number of hydrogen-bond donors (Lipinski definition) is 2. The highest BCUT2D eigenvalue weighted by Crippen LogP contribution is 2.38. The van der Waals surface area contributed by atoms with Crippen LogP contribution in [0.25, 0.3) is 0 Å². The van der Waals surface area contributed by atoms with Crippen LogP contribution in [0.1, 0.15) is 77.4 Å². The van der Waals surface area contributed by atoms with Crippen LogP contribution in [0.4, 0.5) is 0 Å². The highest BCUT2D eigenvalue weighted by molar-refractivity contribution is 6.33. The summed E-state index contributed by atoms with van der Waals surface area (Å²) >= 11 is 6.23. The topological polar surface area (TPSA) is 64.7 Å². The largest absolute Gasteiger partial charge is 0.349 e. The Kier molecular flexibility index (Phi) is 7.62. The Labute approximate surface area is 225 Å². The number of carbonyl (C=O) groups excluding carboxylic acids is 2. The minimum absolute atomic E-state index is 0.0259. The average Bonchev–Trinajstić information content (AvgIpc) is 3.27. The number of rotatable bonds is 5. The molecule has 2 amide bonds. The summed E-state index contributed by atoms with van der Waals surface area (Å²) in [7, 11) is 2.20. The number of nitrogens with one attached hydrogen (secondary N) is 2. The lowest BCUT2D eigenvalue weighted by molar-refractivity contribution is 0.0370. The van der Waals surface area contributed by atoms with E-state index in [1.165, 1.54) is 5.56 Å². The molecular formula is C30H39ClN4O2. The first-order valence-corrected chi connectivity index (χ1v) is 14.0. The zero-order chi connectivity index (χ0) is 26.2. The van der Waals surface area contributed by atoms with Gasteiger partial charge in [0.05, 0.1) is 16.6 Å². The fourth-order valence-electron chi connectivity index (χ4n) is 6.38. The molecule has 6 nitrogen and oxygen atoms in total. The first-order valence-electron chi connectivity index (χ1n) is 13.6. The molecule has 3 aliphatic rings. The SMILES string of the molecule is CN1CCN(C2CCC(NC(=O)c3ccc4c(c3)[C@H](NC(=O)c3ccccc3Cl)CC4)C(C)(C)C2)CC1. The van der Waals surface area contributed by atoms with Crippen LogP contribution >= 0.6 is 11.6 Å². The first kappa shape index (κ1) is 26.2. The summed E-state index contributed by atoms with van der Waals surface area (Å²) in [5, 5.41) is 6.94. The first-order chi connectivity index (χ1) is 17.7. The highest BCUT2D eigenvalue weighted by atomic mass is 35.5. The minimum atomic E-state index is -0.183. The van der Waals surface area contributed by atoms with Gasteiger partial charge in [0, 0.05) is 43.8 Å². The summed E-state index contributed by atoms with van der Waals surface area (Å²) in [4.78, 5) is 31.3. The molecule has 0 radical (unpaired) electrons. The molecule has 5 rings (SSSR count). The van der Waals surface area contributed by atoms with Crippen LogP contribution in [0.3, 0.4) is 0 Å². The summed E-state index contributed by atoms with van der Waals surface area (Å²) in [6, 6.07) is 13.6. The summed E-state index contributed by atoms with van der Waals surface area (Å²) in [6.45, 7) is 9.13. The van der Waals surface area contributed by atoms with E-state index in [0.717, 1.165) is 63.8 Å². The number of amides is 2. The molecule has 1 heterocycles. The Balaban J connectivity index is 1.23. The lowest BCUT2D eigenvalue weighted by Gasteiger charge is -2.48. The number of benzene rings is 2. The number of aryl methyl sites for hydroxylation is 1. The number of nitrogens with zero attached hydrogens (tertiary/aromatic N) is 2. The lowest BCUT2D eigenvalue weighted by atomic mass is 9.70. The molecule has 7 heteroatoms. The van der Waals surface area contributed by atoms with Crippen molar-refractivity contribution in [1.82, 2.24) is 20.4 Å². The smallest absolute Gasteiger partial charge is 0.253 e. The van der Waals surface area contributed by atoms with Crippen molar-refractivity contribution in [3.8, 4) is 0 Å². The second-order valence-corrected chi connectivity index (χ2v) is 12.2. The fourth-order valence-corrected chi connectivity index (χ4v) is 6.61. The van der Waals surface area contributed by atoms with E-state index >= 15 is 0 Å². The summed E-state index contributed by atoms with van der Waals surface area (Å²) in [6.07, 6.45) is 4.92. The van der Waals surface area contributed by atoms with Gasteiger partial charge in [-0.05, 0) is 80.0 Å². The molecule has 2 fully saturated rings. The predicted octanol–water partition coefficient (Wildman–Crippen LogP) is 4.68. The van der Waals surface area contributed by atoms with Crippen LogP contribution in [0.2, 0.25) is 5.02 Å². The van der Waals surface area contributed by atoms with Crippen molar-refractivity contribution in [3.63, 3.8) is 0 Å². The van der Waals surface area contributed by atoms with Crippen molar-refractivity contribution in [2.45, 2.75) is 64.1 Å². The molecular weight excluding hydrogens is 484 g/mol. The van der Waals surface area contributed by atoms with Gasteiger partial charge < -0.3 is 15.5 Å². The maximum Gasteiger partial charge on any atom is 0.253 e. The molecule has 1 saturated heterocycles. The molecule has 2 unspecified atom stereocenters. The van der Waals surface area contributed by atoms with E-state index in [1.807, 2.05) is 30.3 Å². The molecule has 0 spiro atoms. The van der Waals surface area contributed by atoms with E-state index in [0.29, 0.717) is 22.2 Å². The highest BCUT2D eigenvalue weighted by Gasteiger charge is 2.40. The number of halogens is 1. The Morgan fingerprint density at radius 3 is 2.43 bits per heavy atom. The van der Waals surface area contributed by atoms with E-state index in [2.05, 4.69) is 41.3 Å². The standard InChI is InChI=1S/C30H39ClN4O2/c1-30(2)19-22(35-16-14-34(3)15-17-35)11-13-27(30)33-28(36)21-9-8-20-10-12-26(24(20)18-21)32-29(37)23-6-4-5-7-25(23)31/h4-9,18,22,26-27H,10-17,19H2,1-3H3,(H,32,37)(H,33,36)/t22?,26-,27?/m1/s1. The van der Waals surface area contributed by atoms with Gasteiger partial charge in [-0.15, -0.1) is 0 Å². The Morgan fingerprint density at radius 1 is 0.946 bits per heavy atom. The van der Waals surface area contributed by atoms with Gasteiger partial charge in [-0.1, -0.05) is 43.6 Å². The summed E-state index contributed by atoms with van der Waals surface area (Å²) < 4.78 is 0. The van der Waals surface area contributed by atoms with Gasteiger partial charge in [0.25, 0.3) is 11.8 Å². The van der Waals surface area contributed by atoms with Crippen molar-refractivity contribution in [1.29, 1.82) is 0 Å². The van der Waals surface area contributed by atoms with Crippen molar-refractivity contribution in [2.24, 2.45) is 5.41 Å². The van der Waals surface area contributed by atoms with Gasteiger partial charge in [-0.3, -0.25) is 14.5 Å². The molecule has 198 valence electrons. The molecule has 37 heavy (non-hydrogen) atoms. The van der Waals surface area contributed by atoms with Crippen molar-refractivity contribution in [2.75, 3.05) is 33.2 Å². The maximum absolute atomic E-state index is 13.4. The third-order valence-electron chi connectivity index (χ3n) is 8.76. The molecule has 2 aromatic rings. The van der Waals surface area contributed by atoms with Crippen LogP contribution in [0.15, 0.2) is 42.5 Å². The fraction of sp³-hybridized carbons (Fsp3) is 0.533. The quantitative estimate of drug-likeness (QED) is 0.598. The number of hydrogen-bond acceptors (Lipinski definition) is 4. The predicted molar refractivity (Wildman–Crippen MR) is 148 cm³/mol. The van der Waals surface area contributed by atoms with Gasteiger partial charge in [0.1, 0.15) is 0 Å². The van der Waals surface area contributed by atoms with E-state index in [9.17, 15) is 9.59 Å². The Hall–Kier alpha value is -2.41. The van der Waals surface area contributed by atoms with Gasteiger partial charge in [-0.2, -0.15) is 0 Å². The molecule has 0 bridgehead atoms. The summed E-state index contributed by atoms with van der Waals surface area (Å²) in [5.74, 6) is -0.209. The Morgan fingerprint density at radius 2 is 1.70 bits per heavy atom. The van der Waals surface area contributed by atoms with Crippen molar-refractivity contribution in [3.05, 3.63) is 69.7 Å². The average molecular weight is 523 g/mol. The van der Waals surface area contributed by atoms with Crippen LogP contribution in [-0.2, 0) is 6.42 Å². The maximum atomic E-state index is 13.4. The monoisotopic (exact) mass is 522 g/mol. The third-order valence-corrected chi connectivity index (χ3v) is 9.09. The van der Waals surface area contributed by atoms with Gasteiger partial charge in [-0.25, -0.2) is 0 Å². The second kappa shape index (κ2) is 10.8. The van der Waals surface area contributed by atoms with E-state index in [1.54, 1.807) is 12.1 Å². The van der Waals surface area contributed by atoms with Crippen LogP contribution < -0.4 is 10.6 Å². The van der Waals surface area contributed by atoms with Crippen LogP contribution in [-0.4, -0.2) is 66.9 Å². The molecule has 1 aliphatic heterocycles. The van der Waals surface area contributed by atoms with Crippen molar-refractivity contribution < 1.29 is 9.59 Å². The zero-order valence-corrected chi connectivity index (χ0v) is 23.0. The molecule has 2 aliphatic carbocycles. The molecule has 0 aromatic heterocycles. The van der Waals surface area contributed by atoms with Gasteiger partial charge in [0.15, 0.2) is 0 Å². The van der Waals surface area contributed by atoms with Crippen LogP contribution in [0, 0.1) is 5.41 Å². The lowest BCUT2D eigenvalue weighted by Crippen LogP contribution is -2.56. The van der Waals surface area contributed by atoms with E-state index in [4.69, 9.17) is 11.6 Å². The summed E-state index contributed by atoms with van der Waals surface area (Å²) in [5.41, 5.74) is 3.39. The van der Waals surface area contributed by atoms with E-state index in [-0.39, 0.29) is 29.3 Å². The van der Waals surface area contributed by atoms with Crippen molar-refractivity contribution >= 4 is 23.4 Å². The number of fused-ring (bicyclic) bond motifs is 1. The Bertz CT molecular complexity index is 1160.